The van der Waals surface area contributed by atoms with E-state index in [1.165, 1.54) is 27.7 Å². The topological polar surface area (TPSA) is 51.9 Å². The smallest absolute Gasteiger partial charge is 0.345 e. The Morgan fingerprint density at radius 3 is 2.94 bits per heavy atom. The fourth-order valence-electron chi connectivity index (χ4n) is 1.48. The Hall–Kier alpha value is -2.11. The summed E-state index contributed by atoms with van der Waals surface area (Å²) >= 11 is 0. The maximum absolute atomic E-state index is 12.9. The Labute approximate surface area is 97.5 Å². The van der Waals surface area contributed by atoms with Crippen molar-refractivity contribution in [2.24, 2.45) is 7.05 Å². The van der Waals surface area contributed by atoms with Crippen molar-refractivity contribution in [2.75, 3.05) is 11.9 Å². The lowest BCUT2D eigenvalue weighted by molar-refractivity contribution is 0.604. The summed E-state index contributed by atoms with van der Waals surface area (Å²) in [5, 5.41) is 6.94. The Bertz CT molecular complexity index is 561. The van der Waals surface area contributed by atoms with Gasteiger partial charge < -0.3 is 5.32 Å². The van der Waals surface area contributed by atoms with Crippen LogP contribution in [0.4, 0.5) is 10.1 Å². The average molecular weight is 236 g/mol. The van der Waals surface area contributed by atoms with Gasteiger partial charge in [0.2, 0.25) is 0 Å². The average Bonchev–Trinajstić information content (AvgIpc) is 2.61. The van der Waals surface area contributed by atoms with Crippen LogP contribution in [0.3, 0.4) is 0 Å². The van der Waals surface area contributed by atoms with Crippen molar-refractivity contribution in [3.8, 4) is 0 Å². The van der Waals surface area contributed by atoms with E-state index in [0.717, 1.165) is 0 Å². The van der Waals surface area contributed by atoms with Crippen LogP contribution in [0.25, 0.3) is 0 Å². The zero-order valence-corrected chi connectivity index (χ0v) is 9.43. The summed E-state index contributed by atoms with van der Waals surface area (Å²) in [6, 6.07) is 6.19. The van der Waals surface area contributed by atoms with Crippen molar-refractivity contribution < 1.29 is 4.39 Å². The molecule has 1 aromatic heterocycles. The summed E-state index contributed by atoms with van der Waals surface area (Å²) in [6.45, 7) is 0.955. The van der Waals surface area contributed by atoms with Crippen molar-refractivity contribution in [1.82, 2.24) is 14.3 Å². The quantitative estimate of drug-likeness (QED) is 0.855. The van der Waals surface area contributed by atoms with Gasteiger partial charge >= 0.3 is 5.69 Å². The molecule has 2 aromatic rings. The second-order valence-corrected chi connectivity index (χ2v) is 3.68. The van der Waals surface area contributed by atoms with Crippen molar-refractivity contribution in [2.45, 2.75) is 6.54 Å². The molecule has 0 aliphatic heterocycles. The van der Waals surface area contributed by atoms with Crippen LogP contribution in [0.5, 0.6) is 0 Å². The van der Waals surface area contributed by atoms with Crippen molar-refractivity contribution >= 4 is 5.69 Å². The molecule has 0 spiro atoms. The van der Waals surface area contributed by atoms with Gasteiger partial charge in [-0.05, 0) is 18.2 Å². The van der Waals surface area contributed by atoms with E-state index >= 15 is 0 Å². The minimum absolute atomic E-state index is 0.161. The van der Waals surface area contributed by atoms with Crippen LogP contribution in [0.1, 0.15) is 0 Å². The fraction of sp³-hybridized carbons (Fsp3) is 0.273. The molecule has 17 heavy (non-hydrogen) atoms. The summed E-state index contributed by atoms with van der Waals surface area (Å²) < 4.78 is 15.6. The largest absolute Gasteiger partial charge is 0.383 e. The van der Waals surface area contributed by atoms with E-state index in [2.05, 4.69) is 10.4 Å². The molecule has 0 saturated carbocycles. The first-order valence-electron chi connectivity index (χ1n) is 5.25. The molecule has 0 fully saturated rings. The molecule has 0 atom stereocenters. The third kappa shape index (κ3) is 2.72. The first-order chi connectivity index (χ1) is 8.16. The van der Waals surface area contributed by atoms with Crippen LogP contribution in [0.2, 0.25) is 0 Å². The van der Waals surface area contributed by atoms with Gasteiger partial charge in [-0.15, -0.1) is 0 Å². The van der Waals surface area contributed by atoms with E-state index in [1.807, 2.05) is 0 Å². The highest BCUT2D eigenvalue weighted by Crippen LogP contribution is 2.08. The molecule has 0 saturated heterocycles. The van der Waals surface area contributed by atoms with Gasteiger partial charge in [-0.25, -0.2) is 13.9 Å². The van der Waals surface area contributed by atoms with E-state index in [0.29, 0.717) is 18.8 Å². The molecule has 0 aliphatic rings. The molecule has 0 bridgehead atoms. The maximum Gasteiger partial charge on any atom is 0.345 e. The third-order valence-corrected chi connectivity index (χ3v) is 2.36. The maximum atomic E-state index is 12.9. The summed E-state index contributed by atoms with van der Waals surface area (Å²) in [5.41, 5.74) is 0.528. The predicted octanol–water partition coefficient (Wildman–Crippen LogP) is 0.833. The second kappa shape index (κ2) is 4.82. The number of nitrogens with one attached hydrogen (secondary N) is 1. The minimum Gasteiger partial charge on any atom is -0.383 e. The number of benzene rings is 1. The van der Waals surface area contributed by atoms with Crippen LogP contribution in [0.15, 0.2) is 35.4 Å². The van der Waals surface area contributed by atoms with Crippen LogP contribution in [-0.2, 0) is 13.6 Å². The van der Waals surface area contributed by atoms with Gasteiger partial charge in [0.05, 0.1) is 6.54 Å². The Balaban J connectivity index is 1.92. The van der Waals surface area contributed by atoms with E-state index < -0.39 is 0 Å². The van der Waals surface area contributed by atoms with Crippen molar-refractivity contribution in [1.29, 1.82) is 0 Å². The van der Waals surface area contributed by atoms with E-state index in [4.69, 9.17) is 0 Å². The Kier molecular flexibility index (Phi) is 3.22. The molecule has 1 heterocycles. The molecule has 0 radical (unpaired) electrons. The molecule has 2 rings (SSSR count). The lowest BCUT2D eigenvalue weighted by Gasteiger charge is -2.05. The Morgan fingerprint density at radius 2 is 2.29 bits per heavy atom. The summed E-state index contributed by atoms with van der Waals surface area (Å²) in [5.74, 6) is -0.287. The predicted molar refractivity (Wildman–Crippen MR) is 62.4 cm³/mol. The minimum atomic E-state index is -0.287. The van der Waals surface area contributed by atoms with Gasteiger partial charge in [0.15, 0.2) is 0 Å². The first kappa shape index (κ1) is 11.4. The second-order valence-electron chi connectivity index (χ2n) is 3.68. The zero-order valence-electron chi connectivity index (χ0n) is 9.43. The number of aromatic nitrogens is 3. The molecular formula is C11H13FN4O. The van der Waals surface area contributed by atoms with Crippen molar-refractivity contribution in [3.63, 3.8) is 0 Å². The highest BCUT2D eigenvalue weighted by molar-refractivity contribution is 5.42. The van der Waals surface area contributed by atoms with Crippen LogP contribution in [-0.4, -0.2) is 20.9 Å². The summed E-state index contributed by atoms with van der Waals surface area (Å²) in [6.07, 6.45) is 1.46. The highest BCUT2D eigenvalue weighted by atomic mass is 19.1. The highest BCUT2D eigenvalue weighted by Gasteiger charge is 2.00. The summed E-state index contributed by atoms with van der Waals surface area (Å²) in [4.78, 5) is 11.4. The third-order valence-electron chi connectivity index (χ3n) is 2.36. The van der Waals surface area contributed by atoms with Crippen molar-refractivity contribution in [3.05, 3.63) is 46.9 Å². The SMILES string of the molecule is Cn1cnn(CCNc2cccc(F)c2)c1=O. The monoisotopic (exact) mass is 236 g/mol. The number of hydrogen-bond acceptors (Lipinski definition) is 3. The van der Waals surface area contributed by atoms with Gasteiger partial charge in [-0.2, -0.15) is 5.10 Å². The molecule has 90 valence electrons. The molecule has 1 N–H and O–H groups in total. The summed E-state index contributed by atoms with van der Waals surface area (Å²) in [7, 11) is 1.64. The molecule has 0 amide bonds. The normalized spacial score (nSPS) is 10.5. The molecule has 6 heteroatoms. The number of hydrogen-bond donors (Lipinski definition) is 1. The molecular weight excluding hydrogens is 223 g/mol. The zero-order chi connectivity index (χ0) is 12.3. The van der Waals surface area contributed by atoms with Crippen LogP contribution < -0.4 is 11.0 Å². The molecule has 1 aromatic carbocycles. The number of anilines is 1. The molecule has 5 nitrogen and oxygen atoms in total. The number of nitrogens with zero attached hydrogens (tertiary/aromatic N) is 3. The number of halogens is 1. The Morgan fingerprint density at radius 1 is 1.47 bits per heavy atom. The van der Waals surface area contributed by atoms with E-state index in [1.54, 1.807) is 19.2 Å². The first-order valence-corrected chi connectivity index (χ1v) is 5.25. The lowest BCUT2D eigenvalue weighted by Crippen LogP contribution is -2.25. The number of aryl methyl sites for hydroxylation is 1. The van der Waals surface area contributed by atoms with Gasteiger partial charge in [0, 0.05) is 19.3 Å². The lowest BCUT2D eigenvalue weighted by atomic mass is 10.3. The van der Waals surface area contributed by atoms with E-state index in [-0.39, 0.29) is 11.5 Å². The van der Waals surface area contributed by atoms with Gasteiger partial charge in [0.25, 0.3) is 0 Å². The number of rotatable bonds is 4. The fourth-order valence-corrected chi connectivity index (χ4v) is 1.48. The van der Waals surface area contributed by atoms with Crippen LogP contribution >= 0.6 is 0 Å². The van der Waals surface area contributed by atoms with Crippen LogP contribution in [0, 0.1) is 5.82 Å². The van der Waals surface area contributed by atoms with Gasteiger partial charge in [-0.3, -0.25) is 4.57 Å². The van der Waals surface area contributed by atoms with E-state index in [9.17, 15) is 9.18 Å². The van der Waals surface area contributed by atoms with Gasteiger partial charge in [-0.1, -0.05) is 6.07 Å². The molecule has 0 unspecified atom stereocenters. The van der Waals surface area contributed by atoms with Gasteiger partial charge in [0.1, 0.15) is 12.1 Å². The molecule has 0 aliphatic carbocycles. The standard InChI is InChI=1S/C11H13FN4O/c1-15-8-14-16(11(15)17)6-5-13-10-4-2-3-9(12)7-10/h2-4,7-8,13H,5-6H2,1H3.